The zero-order valence-corrected chi connectivity index (χ0v) is 20.1. The highest BCUT2D eigenvalue weighted by atomic mass is 16.5. The first-order valence-corrected chi connectivity index (χ1v) is 11.5. The number of rotatable bonds is 8. The molecule has 0 bridgehead atoms. The molecule has 1 saturated heterocycles. The van der Waals surface area contributed by atoms with Gasteiger partial charge in [0.1, 0.15) is 11.5 Å². The number of likely N-dealkylation sites (N-methyl/N-ethyl adjacent to an activating group) is 1. The summed E-state index contributed by atoms with van der Waals surface area (Å²) in [5.74, 6) is 1.31. The molecule has 0 saturated carbocycles. The third-order valence-corrected chi connectivity index (χ3v) is 6.52. The van der Waals surface area contributed by atoms with E-state index >= 15 is 0 Å². The van der Waals surface area contributed by atoms with E-state index in [2.05, 4.69) is 41.4 Å². The number of carbonyl (C=O) groups is 1. The molecule has 2 atom stereocenters. The second-order valence-electron chi connectivity index (χ2n) is 8.61. The molecule has 7 heteroatoms. The minimum absolute atomic E-state index is 0.0212. The monoisotopic (exact) mass is 457 g/mol. The molecule has 34 heavy (non-hydrogen) atoms. The Morgan fingerprint density at radius 2 is 2.00 bits per heavy atom. The minimum atomic E-state index is -0.0212. The van der Waals surface area contributed by atoms with Gasteiger partial charge in [0, 0.05) is 66.6 Å². The van der Waals surface area contributed by atoms with Crippen molar-refractivity contribution in [3.8, 4) is 22.8 Å². The van der Waals surface area contributed by atoms with Gasteiger partial charge in [0.2, 0.25) is 0 Å². The molecule has 0 unspecified atom stereocenters. The summed E-state index contributed by atoms with van der Waals surface area (Å²) in [5.41, 5.74) is 5.03. The standard InChI is InChI=1S/C27H31N5O2/c1-5-18-12-19(7-9-23(18)27(33)31-26-16-32(4)17(26)2)25-14-22(10-11-30-25)34-21-8-6-20(15-28)24(13-21)29-3/h6-15,17,26,28-29H,5,16H2,1-4H3,(H,31,33)/t17-,26+/m1/s1. The van der Waals surface area contributed by atoms with Gasteiger partial charge < -0.3 is 20.8 Å². The maximum Gasteiger partial charge on any atom is 0.251 e. The van der Waals surface area contributed by atoms with Gasteiger partial charge in [-0.15, -0.1) is 0 Å². The summed E-state index contributed by atoms with van der Waals surface area (Å²) in [4.78, 5) is 19.6. The van der Waals surface area contributed by atoms with E-state index in [1.54, 1.807) is 6.20 Å². The molecule has 0 spiro atoms. The van der Waals surface area contributed by atoms with E-state index in [0.29, 0.717) is 23.1 Å². The van der Waals surface area contributed by atoms with Crippen LogP contribution >= 0.6 is 0 Å². The molecule has 1 aliphatic heterocycles. The Balaban J connectivity index is 1.54. The summed E-state index contributed by atoms with van der Waals surface area (Å²) in [6, 6.07) is 15.7. The van der Waals surface area contributed by atoms with Crippen molar-refractivity contribution < 1.29 is 9.53 Å². The fourth-order valence-electron chi connectivity index (χ4n) is 4.19. The number of nitrogens with one attached hydrogen (secondary N) is 3. The second kappa shape index (κ2) is 10.1. The fraction of sp³-hybridized carbons (Fsp3) is 0.296. The number of benzene rings is 2. The molecule has 1 aliphatic rings. The Hall–Kier alpha value is -3.71. The van der Waals surface area contributed by atoms with E-state index in [4.69, 9.17) is 10.1 Å². The van der Waals surface area contributed by atoms with Gasteiger partial charge in [-0.3, -0.25) is 14.7 Å². The third kappa shape index (κ3) is 4.79. The number of hydrogen-bond acceptors (Lipinski definition) is 6. The number of amides is 1. The number of carbonyl (C=O) groups excluding carboxylic acids is 1. The highest BCUT2D eigenvalue weighted by Gasteiger charge is 2.33. The lowest BCUT2D eigenvalue weighted by molar-refractivity contribution is 0.0661. The number of anilines is 1. The molecule has 7 nitrogen and oxygen atoms in total. The number of aromatic nitrogens is 1. The molecule has 176 valence electrons. The van der Waals surface area contributed by atoms with Crippen LogP contribution in [-0.4, -0.2) is 54.7 Å². The van der Waals surface area contributed by atoms with E-state index in [-0.39, 0.29) is 11.9 Å². The second-order valence-corrected chi connectivity index (χ2v) is 8.61. The van der Waals surface area contributed by atoms with E-state index in [0.717, 1.165) is 41.0 Å². The molecule has 0 radical (unpaired) electrons. The highest BCUT2D eigenvalue weighted by Crippen LogP contribution is 2.29. The summed E-state index contributed by atoms with van der Waals surface area (Å²) in [6.45, 7) is 5.06. The molecule has 0 aliphatic carbocycles. The van der Waals surface area contributed by atoms with Gasteiger partial charge in [-0.1, -0.05) is 13.0 Å². The van der Waals surface area contributed by atoms with Crippen molar-refractivity contribution in [3.05, 3.63) is 71.4 Å². The predicted molar refractivity (Wildman–Crippen MR) is 136 cm³/mol. The van der Waals surface area contributed by atoms with Crippen molar-refractivity contribution in [2.24, 2.45) is 0 Å². The van der Waals surface area contributed by atoms with Crippen molar-refractivity contribution in [2.75, 3.05) is 26.0 Å². The molecule has 1 fully saturated rings. The minimum Gasteiger partial charge on any atom is -0.457 e. The van der Waals surface area contributed by atoms with Gasteiger partial charge in [-0.2, -0.15) is 0 Å². The highest BCUT2D eigenvalue weighted by molar-refractivity contribution is 5.96. The Kier molecular flexibility index (Phi) is 6.93. The molecular formula is C27H31N5O2. The third-order valence-electron chi connectivity index (χ3n) is 6.52. The summed E-state index contributed by atoms with van der Waals surface area (Å²) in [6.07, 6.45) is 3.77. The average Bonchev–Trinajstić information content (AvgIpc) is 2.87. The van der Waals surface area contributed by atoms with Crippen molar-refractivity contribution in [2.45, 2.75) is 32.4 Å². The van der Waals surface area contributed by atoms with Gasteiger partial charge in [-0.05, 0) is 56.3 Å². The first-order chi connectivity index (χ1) is 16.4. The van der Waals surface area contributed by atoms with Crippen LogP contribution in [0.1, 0.15) is 35.3 Å². The number of pyridine rings is 1. The number of ether oxygens (including phenoxy) is 1. The lowest BCUT2D eigenvalue weighted by atomic mass is 9.96. The van der Waals surface area contributed by atoms with Crippen molar-refractivity contribution in [1.82, 2.24) is 15.2 Å². The van der Waals surface area contributed by atoms with E-state index < -0.39 is 0 Å². The van der Waals surface area contributed by atoms with Crippen LogP contribution in [0.15, 0.2) is 54.7 Å². The molecule has 2 aromatic carbocycles. The topological polar surface area (TPSA) is 90.3 Å². The molecule has 1 amide bonds. The van der Waals surface area contributed by atoms with Crippen molar-refractivity contribution in [3.63, 3.8) is 0 Å². The average molecular weight is 458 g/mol. The molecule has 1 aromatic heterocycles. The summed E-state index contributed by atoms with van der Waals surface area (Å²) in [7, 11) is 3.88. The number of nitrogens with zero attached hydrogens (tertiary/aromatic N) is 2. The van der Waals surface area contributed by atoms with Crippen LogP contribution in [0.3, 0.4) is 0 Å². The van der Waals surface area contributed by atoms with Crippen LogP contribution in [0.5, 0.6) is 11.5 Å². The zero-order valence-electron chi connectivity index (χ0n) is 20.1. The maximum absolute atomic E-state index is 12.9. The SMILES string of the molecule is CCc1cc(-c2cc(Oc3ccc(C=N)c(NC)c3)ccn2)ccc1C(=O)N[C@H]1CN(C)[C@@H]1C. The van der Waals surface area contributed by atoms with Crippen LogP contribution in [0.25, 0.3) is 11.3 Å². The normalized spacial score (nSPS) is 17.5. The Labute approximate surface area is 200 Å². The zero-order chi connectivity index (χ0) is 24.2. The molecule has 3 N–H and O–H groups in total. The molecular weight excluding hydrogens is 426 g/mol. The van der Waals surface area contributed by atoms with Crippen LogP contribution in [-0.2, 0) is 6.42 Å². The Morgan fingerprint density at radius 3 is 2.68 bits per heavy atom. The lowest BCUT2D eigenvalue weighted by Crippen LogP contribution is -2.63. The number of likely N-dealkylation sites (tertiary alicyclic amines) is 1. The Bertz CT molecular complexity index is 1210. The first-order valence-electron chi connectivity index (χ1n) is 11.5. The van der Waals surface area contributed by atoms with Crippen LogP contribution in [0, 0.1) is 5.41 Å². The van der Waals surface area contributed by atoms with E-state index in [1.807, 2.05) is 55.6 Å². The lowest BCUT2D eigenvalue weighted by Gasteiger charge is -2.44. The van der Waals surface area contributed by atoms with Crippen LogP contribution < -0.4 is 15.4 Å². The fourth-order valence-corrected chi connectivity index (χ4v) is 4.19. The smallest absolute Gasteiger partial charge is 0.251 e. The molecule has 4 rings (SSSR count). The molecule has 3 aromatic rings. The number of aryl methyl sites for hydroxylation is 1. The van der Waals surface area contributed by atoms with Crippen LogP contribution in [0.4, 0.5) is 5.69 Å². The van der Waals surface area contributed by atoms with Crippen molar-refractivity contribution >= 4 is 17.8 Å². The van der Waals surface area contributed by atoms with Gasteiger partial charge in [0.15, 0.2) is 0 Å². The quantitative estimate of drug-likeness (QED) is 0.431. The van der Waals surface area contributed by atoms with E-state index in [1.165, 1.54) is 6.21 Å². The van der Waals surface area contributed by atoms with Crippen LogP contribution in [0.2, 0.25) is 0 Å². The van der Waals surface area contributed by atoms with Gasteiger partial charge in [-0.25, -0.2) is 0 Å². The van der Waals surface area contributed by atoms with Crippen molar-refractivity contribution in [1.29, 1.82) is 5.41 Å². The predicted octanol–water partition coefficient (Wildman–Crippen LogP) is 4.57. The largest absolute Gasteiger partial charge is 0.457 e. The summed E-state index contributed by atoms with van der Waals surface area (Å²) >= 11 is 0. The van der Waals surface area contributed by atoms with Gasteiger partial charge >= 0.3 is 0 Å². The first kappa shape index (κ1) is 23.4. The Morgan fingerprint density at radius 1 is 1.21 bits per heavy atom. The number of hydrogen-bond donors (Lipinski definition) is 3. The maximum atomic E-state index is 12.9. The van der Waals surface area contributed by atoms with Gasteiger partial charge in [0.25, 0.3) is 5.91 Å². The summed E-state index contributed by atoms with van der Waals surface area (Å²) < 4.78 is 6.06. The van der Waals surface area contributed by atoms with Gasteiger partial charge in [0.05, 0.1) is 11.7 Å². The summed E-state index contributed by atoms with van der Waals surface area (Å²) in [5, 5.41) is 13.7. The molecule has 2 heterocycles. The van der Waals surface area contributed by atoms with E-state index in [9.17, 15) is 4.79 Å².